The third-order valence-electron chi connectivity index (χ3n) is 6.50. The Hall–Kier alpha value is -6.76. The highest BCUT2D eigenvalue weighted by atomic mass is 16.6. The number of nitriles is 1. The van der Waals surface area contributed by atoms with E-state index in [2.05, 4.69) is 15.3 Å². The number of aromatic carboxylic acids is 1. The summed E-state index contributed by atoms with van der Waals surface area (Å²) in [5.41, 5.74) is -0.626. The normalized spacial score (nSPS) is 11.0. The second-order valence-corrected chi connectivity index (χ2v) is 10.2. The van der Waals surface area contributed by atoms with Gasteiger partial charge in [0.25, 0.3) is 5.91 Å². The van der Waals surface area contributed by atoms with Gasteiger partial charge in [-0.05, 0) is 42.8 Å². The van der Waals surface area contributed by atoms with Crippen LogP contribution in [0.25, 0.3) is 0 Å². The second-order valence-electron chi connectivity index (χ2n) is 10.2. The van der Waals surface area contributed by atoms with Crippen LogP contribution in [0.5, 0.6) is 29.1 Å². The fraction of sp³-hybridized carbons (Fsp3) is 0.188. The topological polar surface area (TPSA) is 227 Å². The summed E-state index contributed by atoms with van der Waals surface area (Å²) in [6, 6.07) is 15.9. The van der Waals surface area contributed by atoms with Gasteiger partial charge in [0, 0.05) is 32.1 Å². The number of anilines is 1. The SMILES string of the molecule is CCOc1ccc(C#N)cc1Oc1nc(NC(Cc2ccccc2)C(=O)O)c([N+](=O)[O-])c(Oc2cc(C(=O)O)cc(C(=O)N(C)C)c2)n1. The summed E-state index contributed by atoms with van der Waals surface area (Å²) in [6.45, 7) is 1.91. The Balaban J connectivity index is 1.90. The molecule has 0 aliphatic rings. The molecule has 0 aliphatic carbocycles. The van der Waals surface area contributed by atoms with E-state index in [1.807, 2.05) is 6.07 Å². The van der Waals surface area contributed by atoms with E-state index in [0.29, 0.717) is 5.56 Å². The Morgan fingerprint density at radius 1 is 1.00 bits per heavy atom. The molecule has 1 atom stereocenters. The number of carboxylic acids is 2. The van der Waals surface area contributed by atoms with Gasteiger partial charge < -0.3 is 34.6 Å². The van der Waals surface area contributed by atoms with Crippen LogP contribution in [0.4, 0.5) is 11.5 Å². The maximum absolute atomic E-state index is 12.7. The van der Waals surface area contributed by atoms with E-state index < -0.39 is 52.2 Å². The van der Waals surface area contributed by atoms with Crippen molar-refractivity contribution in [2.75, 3.05) is 26.0 Å². The van der Waals surface area contributed by atoms with E-state index in [-0.39, 0.29) is 47.0 Å². The maximum atomic E-state index is 12.7. The van der Waals surface area contributed by atoms with Crippen LogP contribution >= 0.6 is 0 Å². The molecule has 16 nitrogen and oxygen atoms in total. The van der Waals surface area contributed by atoms with Crippen molar-refractivity contribution in [1.82, 2.24) is 14.9 Å². The third-order valence-corrected chi connectivity index (χ3v) is 6.50. The van der Waals surface area contributed by atoms with Crippen molar-refractivity contribution in [3.8, 4) is 35.2 Å². The number of nitrogens with zero attached hydrogens (tertiary/aromatic N) is 5. The van der Waals surface area contributed by atoms with Crippen LogP contribution < -0.4 is 19.5 Å². The summed E-state index contributed by atoms with van der Waals surface area (Å²) in [4.78, 5) is 57.8. The van der Waals surface area contributed by atoms with Crippen LogP contribution in [0.15, 0.2) is 66.7 Å². The van der Waals surface area contributed by atoms with Crippen molar-refractivity contribution in [2.24, 2.45) is 0 Å². The first-order valence-corrected chi connectivity index (χ1v) is 14.1. The van der Waals surface area contributed by atoms with Crippen LogP contribution in [0.1, 0.15) is 38.8 Å². The number of hydrogen-bond donors (Lipinski definition) is 3. The molecule has 0 bridgehead atoms. The van der Waals surface area contributed by atoms with Gasteiger partial charge in [-0.1, -0.05) is 30.3 Å². The van der Waals surface area contributed by atoms with Gasteiger partial charge in [0.05, 0.1) is 28.7 Å². The van der Waals surface area contributed by atoms with Crippen LogP contribution in [0.3, 0.4) is 0 Å². The molecule has 0 saturated heterocycles. The van der Waals surface area contributed by atoms with E-state index in [0.717, 1.165) is 18.2 Å². The lowest BCUT2D eigenvalue weighted by atomic mass is 10.1. The van der Waals surface area contributed by atoms with Gasteiger partial charge in [-0.3, -0.25) is 14.9 Å². The minimum atomic E-state index is -1.44. The van der Waals surface area contributed by atoms with Crippen molar-refractivity contribution in [3.63, 3.8) is 0 Å². The number of rotatable bonds is 14. The zero-order chi connectivity index (χ0) is 35.0. The largest absolute Gasteiger partial charge is 0.490 e. The molecule has 1 amide bonds. The Kier molecular flexibility index (Phi) is 10.7. The molecule has 246 valence electrons. The van der Waals surface area contributed by atoms with Crippen LogP contribution in [-0.4, -0.2) is 74.6 Å². The summed E-state index contributed by atoms with van der Waals surface area (Å²) < 4.78 is 17.2. The number of ether oxygens (including phenoxy) is 3. The highest BCUT2D eigenvalue weighted by Crippen LogP contribution is 2.40. The summed E-state index contributed by atoms with van der Waals surface area (Å²) in [5.74, 6) is -4.96. The predicted molar refractivity (Wildman–Crippen MR) is 168 cm³/mol. The van der Waals surface area contributed by atoms with Crippen molar-refractivity contribution in [1.29, 1.82) is 5.26 Å². The first kappa shape index (κ1) is 34.1. The summed E-state index contributed by atoms with van der Waals surface area (Å²) >= 11 is 0. The van der Waals surface area contributed by atoms with Gasteiger partial charge in [-0.2, -0.15) is 15.2 Å². The van der Waals surface area contributed by atoms with Crippen molar-refractivity contribution in [2.45, 2.75) is 19.4 Å². The average Bonchev–Trinajstić information content (AvgIpc) is 3.04. The number of hydrogen-bond acceptors (Lipinski definition) is 12. The molecule has 48 heavy (non-hydrogen) atoms. The molecule has 1 heterocycles. The van der Waals surface area contributed by atoms with Gasteiger partial charge >= 0.3 is 29.5 Å². The lowest BCUT2D eigenvalue weighted by Gasteiger charge is -2.18. The number of nitrogens with one attached hydrogen (secondary N) is 1. The molecule has 16 heteroatoms. The van der Waals surface area contributed by atoms with Gasteiger partial charge in [0.1, 0.15) is 11.8 Å². The van der Waals surface area contributed by atoms with E-state index in [4.69, 9.17) is 14.2 Å². The lowest BCUT2D eigenvalue weighted by molar-refractivity contribution is -0.385. The number of benzene rings is 3. The van der Waals surface area contributed by atoms with E-state index in [1.54, 1.807) is 37.3 Å². The standard InChI is InChI=1S/C32H28N6O10/c1-4-46-24-11-10-19(17-33)13-25(24)48-32-35-27(34-23(31(42)43)12-18-8-6-5-7-9-18)26(38(44)45)28(36-32)47-22-15-20(29(39)37(2)3)14-21(16-22)30(40)41/h5-11,13-16,23H,4,12H2,1-3H3,(H,40,41)(H,42,43)(H,34,35,36). The van der Waals surface area contributed by atoms with Gasteiger partial charge in [-0.25, -0.2) is 9.59 Å². The molecule has 0 saturated carbocycles. The Morgan fingerprint density at radius 3 is 2.31 bits per heavy atom. The molecule has 1 unspecified atom stereocenters. The summed E-state index contributed by atoms with van der Waals surface area (Å²) in [6.07, 6.45) is -0.112. The highest BCUT2D eigenvalue weighted by Gasteiger charge is 2.32. The molecular formula is C32H28N6O10. The minimum Gasteiger partial charge on any atom is -0.490 e. The van der Waals surface area contributed by atoms with E-state index in [9.17, 15) is 40.0 Å². The van der Waals surface area contributed by atoms with Crippen molar-refractivity contribution < 1.29 is 43.7 Å². The monoisotopic (exact) mass is 656 g/mol. The van der Waals surface area contributed by atoms with Crippen molar-refractivity contribution >= 4 is 29.4 Å². The molecule has 0 aliphatic heterocycles. The number of nitro groups is 1. The number of carbonyl (C=O) groups is 3. The quantitative estimate of drug-likeness (QED) is 0.123. The Bertz CT molecular complexity index is 1910. The Labute approximate surface area is 272 Å². The number of carboxylic acid groups (broad SMARTS) is 2. The third kappa shape index (κ3) is 8.28. The molecule has 0 spiro atoms. The van der Waals surface area contributed by atoms with Crippen LogP contribution in [0, 0.1) is 21.4 Å². The molecule has 0 radical (unpaired) electrons. The minimum absolute atomic E-state index is 0.0486. The molecule has 4 rings (SSSR count). The first-order valence-electron chi connectivity index (χ1n) is 14.1. The summed E-state index contributed by atoms with van der Waals surface area (Å²) in [5, 5.41) is 44.2. The molecular weight excluding hydrogens is 628 g/mol. The zero-order valence-electron chi connectivity index (χ0n) is 25.7. The van der Waals surface area contributed by atoms with Gasteiger partial charge in [0.2, 0.25) is 5.82 Å². The van der Waals surface area contributed by atoms with Gasteiger partial charge in [-0.15, -0.1) is 0 Å². The summed E-state index contributed by atoms with van der Waals surface area (Å²) in [7, 11) is 2.89. The number of amides is 1. The van der Waals surface area contributed by atoms with Crippen LogP contribution in [0.2, 0.25) is 0 Å². The molecule has 1 aromatic heterocycles. The fourth-order valence-electron chi connectivity index (χ4n) is 4.32. The van der Waals surface area contributed by atoms with Crippen molar-refractivity contribution in [3.05, 3.63) is 99.1 Å². The molecule has 3 aromatic carbocycles. The average molecular weight is 657 g/mol. The highest BCUT2D eigenvalue weighted by molar-refractivity contribution is 5.98. The molecule has 3 N–H and O–H groups in total. The number of aliphatic carboxylic acids is 1. The Morgan fingerprint density at radius 2 is 1.71 bits per heavy atom. The molecule has 0 fully saturated rings. The fourth-order valence-corrected chi connectivity index (χ4v) is 4.32. The van der Waals surface area contributed by atoms with E-state index in [1.165, 1.54) is 37.2 Å². The van der Waals surface area contributed by atoms with E-state index >= 15 is 0 Å². The second kappa shape index (κ2) is 15.0. The maximum Gasteiger partial charge on any atom is 0.373 e. The molecule has 4 aromatic rings. The predicted octanol–water partition coefficient (Wildman–Crippen LogP) is 4.75. The van der Waals surface area contributed by atoms with Gasteiger partial charge in [0.15, 0.2) is 11.5 Å². The first-order chi connectivity index (χ1) is 22.9. The number of aromatic nitrogens is 2. The smallest absolute Gasteiger partial charge is 0.373 e. The van der Waals surface area contributed by atoms with Crippen LogP contribution in [-0.2, 0) is 11.2 Å². The lowest BCUT2D eigenvalue weighted by Crippen LogP contribution is -2.32. The number of carbonyl (C=O) groups excluding carboxylic acids is 1. The zero-order valence-corrected chi connectivity index (χ0v) is 25.7.